The molecule has 15 rings (SSSR count). The van der Waals surface area contributed by atoms with Crippen molar-refractivity contribution in [3.8, 4) is 101 Å². The third kappa shape index (κ3) is 13.2. The number of fused-ring (bicyclic) bond motifs is 3. The monoisotopic (exact) mass is 2000 g/mol. The number of hydrogen-bond acceptors (Lipinski definition) is 3. The van der Waals surface area contributed by atoms with Crippen molar-refractivity contribution in [2.24, 2.45) is 0 Å². The van der Waals surface area contributed by atoms with E-state index in [4.69, 9.17) is 49.1 Å². The lowest BCUT2D eigenvalue weighted by molar-refractivity contribution is 0.0828. The highest BCUT2D eigenvalue weighted by Crippen LogP contribution is 2.57. The molecule has 0 aliphatic rings. The van der Waals surface area contributed by atoms with Crippen LogP contribution < -0.4 is 14.3 Å². The summed E-state index contributed by atoms with van der Waals surface area (Å²) in [4.78, 5) is 0. The van der Waals surface area contributed by atoms with Crippen molar-refractivity contribution in [2.75, 3.05) is 0 Å². The predicted octanol–water partition coefficient (Wildman–Crippen LogP) is 27.4. The van der Waals surface area contributed by atoms with E-state index in [0.717, 1.165) is 0 Å². The zero-order valence-electron chi connectivity index (χ0n) is 60.8. The Balaban J connectivity index is 1.25. The molecule has 133 heavy (non-hydrogen) atoms. The van der Waals surface area contributed by atoms with Gasteiger partial charge in [0.1, 0.15) is 17.1 Å². The Hall–Kier alpha value is -13.6. The minimum atomic E-state index is -5.28. The van der Waals surface area contributed by atoms with Gasteiger partial charge in [-0.15, -0.1) is 0 Å². The topological polar surface area (TPSA) is 42.5 Å². The third-order valence-corrected chi connectivity index (χ3v) is 21.0. The fraction of sp³-hybridized carbons (Fsp3) is 0. The zero-order chi connectivity index (χ0) is 98.2. The molecule has 0 saturated heterocycles. The van der Waals surface area contributed by atoms with Gasteiger partial charge in [0.25, 0.3) is 0 Å². The zero-order valence-corrected chi connectivity index (χ0v) is 63.0. The number of benzene rings is 12. The van der Waals surface area contributed by atoms with Gasteiger partial charge in [-0.25, -0.2) is 198 Å². The second kappa shape index (κ2) is 32.7. The maximum absolute atomic E-state index is 17.5. The molecule has 0 unspecified atom stereocenters. The molecular weight excluding hydrogens is 2000 g/mol. The predicted molar refractivity (Wildman–Crippen MR) is 363 cm³/mol. The van der Waals surface area contributed by atoms with Gasteiger partial charge < -0.3 is 14.3 Å². The molecule has 15 aromatic rings. The van der Waals surface area contributed by atoms with Crippen molar-refractivity contribution < 1.29 is 212 Å². The van der Waals surface area contributed by atoms with Crippen molar-refractivity contribution in [1.29, 1.82) is 0 Å². The van der Waals surface area contributed by atoms with E-state index in [1.807, 2.05) is 0 Å². The molecule has 0 spiro atoms. The Bertz CT molecular complexity index is 6890. The van der Waals surface area contributed by atoms with Crippen molar-refractivity contribution >= 4 is 74.8 Å². The summed E-state index contributed by atoms with van der Waals surface area (Å²) in [7, 11) is -5.28. The number of rotatable bonds is 15. The molecule has 0 fully saturated rings. The largest absolute Gasteiger partial charge is 0.926 e. The standard InChI is InChI=1S/C78H6BCl3F45N3O3/c80-28-7(13-31(83)49(101)67(119)50(102)32(13)84)1-4-10-16(28)19(22-37(89)55(107)70(122)56(108)38(22)90)76(25-43(95)61(113)73(125)62(114)44(25)96)128(10)131-79(132-129-11-5-2-8(14-33(85)51(103)68(120)52(104)34(14)86)29(81)17(11)20(23-39(91)57(109)71(123)58(110)40(23)92)77(129)26-45(97)63(115)74(126)64(116)46(26)98)133-130-12-6-3-9(15-35(87)53(105)69(121)54(106)36(15)88)30(82)18(12)21(24-41(93)59(111)72(124)60(112)42(24)94)78(130)27-47(99)65(117)75(127)66(118)48(27)100/h1-6H. The van der Waals surface area contributed by atoms with Crippen LogP contribution in [0.1, 0.15) is 0 Å². The fourth-order valence-electron chi connectivity index (χ4n) is 14.0. The maximum Gasteiger partial charge on any atom is 0.926 e. The Morgan fingerprint density at radius 3 is 0.414 bits per heavy atom. The number of nitrogens with zero attached hydrogens (tertiary/aromatic N) is 3. The van der Waals surface area contributed by atoms with Crippen molar-refractivity contribution in [2.45, 2.75) is 0 Å². The van der Waals surface area contributed by atoms with Gasteiger partial charge in [0.05, 0.1) is 81.7 Å². The van der Waals surface area contributed by atoms with Gasteiger partial charge in [0.2, 0.25) is 52.4 Å². The first kappa shape index (κ1) is 94.1. The number of hydrogen-bond donors (Lipinski definition) is 0. The quantitative estimate of drug-likeness (QED) is 0.0445. The molecule has 0 aliphatic carbocycles. The van der Waals surface area contributed by atoms with Crippen LogP contribution in [0.2, 0.25) is 15.1 Å². The summed E-state index contributed by atoms with van der Waals surface area (Å²) in [5.41, 5.74) is -59.9. The highest BCUT2D eigenvalue weighted by Gasteiger charge is 2.49. The molecule has 0 aliphatic heterocycles. The van der Waals surface area contributed by atoms with Crippen LogP contribution in [0.3, 0.4) is 0 Å². The van der Waals surface area contributed by atoms with Crippen LogP contribution >= 0.6 is 34.8 Å². The molecule has 0 bridgehead atoms. The Kier molecular flexibility index (Phi) is 23.2. The molecule has 12 aromatic carbocycles. The van der Waals surface area contributed by atoms with Gasteiger partial charge in [0, 0.05) is 49.5 Å². The van der Waals surface area contributed by atoms with Crippen LogP contribution in [0.25, 0.3) is 133 Å². The summed E-state index contributed by atoms with van der Waals surface area (Å²) in [6, 6.07) is -2.74. The molecule has 0 N–H and O–H groups in total. The van der Waals surface area contributed by atoms with E-state index in [0.29, 0.717) is 0 Å². The molecule has 55 heteroatoms. The average molecular weight is 2010 g/mol. The van der Waals surface area contributed by atoms with Crippen LogP contribution in [-0.2, 0) is 0 Å². The van der Waals surface area contributed by atoms with E-state index < -0.39 is 468 Å². The molecule has 0 radical (unpaired) electrons. The van der Waals surface area contributed by atoms with Crippen LogP contribution in [0, 0.1) is 262 Å². The SMILES string of the molecule is Fc1c(F)c(F)c(-c2ccc3c(c2Cl)c(-c2c(F)c(F)c(F)c(F)c2F)c(-c2c(F)c(F)c(F)c(F)c2F)n3OB(On2c(-c3c(F)c(F)c(F)c(F)c3F)c(-c3c(F)c(F)c(F)c(F)c3F)c3c(Cl)c(-c4c(F)c(F)c(F)c(F)c4F)ccc32)On2c(-c3c(F)c(F)c(F)c(F)c3F)c(-c3c(F)c(F)c(F)c(F)c3F)c3c(Cl)c(-c4c(F)c(F)c(F)c(F)c4F)ccc32)c(F)c1F. The first-order chi connectivity index (χ1) is 62.1. The molecule has 0 atom stereocenters. The van der Waals surface area contributed by atoms with Crippen LogP contribution in [0.5, 0.6) is 0 Å². The molecule has 3 aromatic heterocycles. The Labute approximate surface area is 712 Å². The van der Waals surface area contributed by atoms with E-state index in [1.54, 1.807) is 0 Å². The molecule has 0 saturated carbocycles. The number of halogens is 48. The minimum Gasteiger partial charge on any atom is -0.395 e. The van der Waals surface area contributed by atoms with Gasteiger partial charge >= 0.3 is 7.32 Å². The Morgan fingerprint density at radius 2 is 0.271 bits per heavy atom. The number of aromatic nitrogens is 3. The second-order valence-corrected chi connectivity index (χ2v) is 27.8. The smallest absolute Gasteiger partial charge is 0.395 e. The van der Waals surface area contributed by atoms with Gasteiger partial charge in [0.15, 0.2) is 209 Å². The second-order valence-electron chi connectivity index (χ2n) is 26.6. The summed E-state index contributed by atoms with van der Waals surface area (Å²) in [6.45, 7) is 0. The first-order valence-electron chi connectivity index (χ1n) is 33.9. The summed E-state index contributed by atoms with van der Waals surface area (Å²) < 4.78 is 743. The fourth-order valence-corrected chi connectivity index (χ4v) is 15.1. The first-order valence-corrected chi connectivity index (χ1v) is 35.0. The van der Waals surface area contributed by atoms with E-state index in [9.17, 15) is 13.2 Å². The maximum atomic E-state index is 17.5. The highest BCUT2D eigenvalue weighted by molar-refractivity contribution is 6.43. The van der Waals surface area contributed by atoms with Gasteiger partial charge in [-0.05, 0) is 18.2 Å². The highest BCUT2D eigenvalue weighted by atomic mass is 35.5. The lowest BCUT2D eigenvalue weighted by Crippen LogP contribution is -2.49. The van der Waals surface area contributed by atoms with Gasteiger partial charge in [-0.3, -0.25) is 0 Å². The van der Waals surface area contributed by atoms with Crippen molar-refractivity contribution in [3.05, 3.63) is 313 Å². The summed E-state index contributed by atoms with van der Waals surface area (Å²) in [6.07, 6.45) is 0. The van der Waals surface area contributed by atoms with Gasteiger partial charge in [-0.2, -0.15) is 14.2 Å². The lowest BCUT2D eigenvalue weighted by Gasteiger charge is -2.24. The van der Waals surface area contributed by atoms with Crippen LogP contribution in [0.4, 0.5) is 198 Å². The van der Waals surface area contributed by atoms with Crippen molar-refractivity contribution in [3.63, 3.8) is 0 Å². The lowest BCUT2D eigenvalue weighted by atomic mass is 9.94. The molecular formula is C78H6BCl3F45N3O3. The van der Waals surface area contributed by atoms with Crippen LogP contribution in [0.15, 0.2) is 36.4 Å². The van der Waals surface area contributed by atoms with Crippen molar-refractivity contribution in [1.82, 2.24) is 14.2 Å². The van der Waals surface area contributed by atoms with E-state index >= 15 is 184 Å². The third-order valence-electron chi connectivity index (χ3n) is 19.8. The molecule has 3 heterocycles. The van der Waals surface area contributed by atoms with E-state index in [2.05, 4.69) is 0 Å². The van der Waals surface area contributed by atoms with Gasteiger partial charge in [-0.1, -0.05) is 53.0 Å². The van der Waals surface area contributed by atoms with E-state index in [1.165, 1.54) is 0 Å². The average Bonchev–Trinajstić information content (AvgIpc) is 1.55. The molecule has 6 nitrogen and oxygen atoms in total. The summed E-state index contributed by atoms with van der Waals surface area (Å²) in [5.74, 6) is -157. The summed E-state index contributed by atoms with van der Waals surface area (Å²) in [5, 5.41) is -14.9. The summed E-state index contributed by atoms with van der Waals surface area (Å²) >= 11 is 19.6. The van der Waals surface area contributed by atoms with Crippen LogP contribution in [-0.4, -0.2) is 21.5 Å². The molecule has 0 amide bonds. The molecule has 690 valence electrons. The van der Waals surface area contributed by atoms with E-state index in [-0.39, 0.29) is 0 Å². The minimum absolute atomic E-state index is 0.410. The Morgan fingerprint density at radius 1 is 0.150 bits per heavy atom. The normalized spacial score (nSPS) is 11.9.